The molecule has 0 saturated carbocycles. The van der Waals surface area contributed by atoms with Crippen molar-refractivity contribution in [2.24, 2.45) is 0 Å². The van der Waals surface area contributed by atoms with Gasteiger partial charge in [-0.05, 0) is 77.2 Å². The molecule has 8 aromatic carbocycles. The molecule has 0 spiro atoms. The van der Waals surface area contributed by atoms with E-state index in [0.717, 1.165) is 72.0 Å². The zero-order valence-electron chi connectivity index (χ0n) is 30.8. The maximum atomic E-state index is 11.3. The smallest absolute Gasteiger partial charge is 0.211 e. The van der Waals surface area contributed by atoms with Gasteiger partial charge in [0.25, 0.3) is 0 Å². The molecule has 6 heteroatoms. The topological polar surface area (TPSA) is 74.9 Å². The number of para-hydroxylation sites is 4. The van der Waals surface area contributed by atoms with Gasteiger partial charge in [-0.1, -0.05) is 103 Å². The molecule has 0 saturated heterocycles. The van der Waals surface area contributed by atoms with E-state index >= 15 is 0 Å². The lowest BCUT2D eigenvalue weighted by Gasteiger charge is -2.19. The second-order valence-corrected chi connectivity index (χ2v) is 14.9. The van der Waals surface area contributed by atoms with Crippen molar-refractivity contribution in [1.82, 2.24) is 9.13 Å². The van der Waals surface area contributed by atoms with Crippen molar-refractivity contribution >= 4 is 71.2 Å². The van der Waals surface area contributed by atoms with Gasteiger partial charge in [-0.15, -0.1) is 0 Å². The van der Waals surface area contributed by atoms with Crippen LogP contribution in [0.15, 0.2) is 156 Å². The summed E-state index contributed by atoms with van der Waals surface area (Å²) < 4.78 is 10.8. The highest BCUT2D eigenvalue weighted by Gasteiger charge is 2.27. The Morgan fingerprint density at radius 2 is 1.24 bits per heavy atom. The number of furan rings is 1. The van der Waals surface area contributed by atoms with Gasteiger partial charge in [-0.25, -0.2) is 4.85 Å². The average Bonchev–Trinajstić information content (AvgIpc) is 4.02. The fourth-order valence-corrected chi connectivity index (χ4v) is 9.64. The third kappa shape index (κ3) is 4.17. The molecule has 6 nitrogen and oxygen atoms in total. The maximum Gasteiger partial charge on any atom is 0.211 e. The Bertz CT molecular complexity index is 3760. The molecule has 12 rings (SSSR count). The van der Waals surface area contributed by atoms with E-state index in [2.05, 4.69) is 105 Å². The molecule has 3 aromatic heterocycles. The minimum Gasteiger partial charge on any atom is -0.455 e. The van der Waals surface area contributed by atoms with Crippen LogP contribution in [0.4, 0.5) is 5.69 Å². The van der Waals surface area contributed by atoms with Crippen molar-refractivity contribution in [3.63, 3.8) is 0 Å². The number of rotatable bonds is 3. The maximum absolute atomic E-state index is 11.3. The van der Waals surface area contributed by atoms with Crippen molar-refractivity contribution < 1.29 is 4.42 Å². The summed E-state index contributed by atoms with van der Waals surface area (Å²) in [6.07, 6.45) is 0.857. The first-order valence-corrected chi connectivity index (χ1v) is 19.1. The van der Waals surface area contributed by atoms with Gasteiger partial charge in [0.05, 0.1) is 56.5 Å². The summed E-state index contributed by atoms with van der Waals surface area (Å²) in [5.41, 5.74) is 13.8. The molecule has 0 amide bonds. The summed E-state index contributed by atoms with van der Waals surface area (Å²) in [4.78, 5) is 4.04. The van der Waals surface area contributed by atoms with E-state index < -0.39 is 0 Å². The van der Waals surface area contributed by atoms with Crippen molar-refractivity contribution in [2.45, 2.75) is 6.42 Å². The van der Waals surface area contributed by atoms with Crippen molar-refractivity contribution in [2.75, 3.05) is 0 Å². The molecule has 58 heavy (non-hydrogen) atoms. The summed E-state index contributed by atoms with van der Waals surface area (Å²) >= 11 is 0. The van der Waals surface area contributed by atoms with Crippen LogP contribution in [-0.4, -0.2) is 9.13 Å². The van der Waals surface area contributed by atoms with E-state index in [1.165, 1.54) is 22.3 Å². The molecule has 266 valence electrons. The van der Waals surface area contributed by atoms with Gasteiger partial charge in [0.1, 0.15) is 23.3 Å². The predicted molar refractivity (Wildman–Crippen MR) is 232 cm³/mol. The van der Waals surface area contributed by atoms with Crippen LogP contribution < -0.4 is 0 Å². The molecule has 0 N–H and O–H groups in total. The number of hydrogen-bond donors (Lipinski definition) is 0. The second kappa shape index (κ2) is 11.8. The normalized spacial score (nSPS) is 12.0. The SMILES string of the molecule is [C-]#[N+]c1ccc(-c2cccc(C#N)c2-n2c3ccccc3c3c4oc5ccccc5c4ccc32)c(C#N)c1-n1c2ccccc2c2cc3c(cc21)-c1ccccc1C3. The Hall–Kier alpha value is -8.37. The van der Waals surface area contributed by atoms with Crippen LogP contribution in [0, 0.1) is 29.2 Å². The van der Waals surface area contributed by atoms with Crippen LogP contribution in [-0.2, 0) is 6.42 Å². The van der Waals surface area contributed by atoms with Crippen LogP contribution in [0.2, 0.25) is 0 Å². The fourth-order valence-electron chi connectivity index (χ4n) is 9.64. The van der Waals surface area contributed by atoms with Crippen molar-refractivity contribution in [1.29, 1.82) is 10.5 Å². The summed E-state index contributed by atoms with van der Waals surface area (Å²) in [7, 11) is 0. The highest BCUT2D eigenvalue weighted by Crippen LogP contribution is 2.47. The molecule has 0 bridgehead atoms. The Morgan fingerprint density at radius 3 is 2.07 bits per heavy atom. The van der Waals surface area contributed by atoms with E-state index in [-0.39, 0.29) is 0 Å². The van der Waals surface area contributed by atoms with E-state index in [9.17, 15) is 10.5 Å². The number of aromatic nitrogens is 2. The summed E-state index contributed by atoms with van der Waals surface area (Å²) in [5.74, 6) is 0. The summed E-state index contributed by atoms with van der Waals surface area (Å²) in [6, 6.07) is 56.1. The molecule has 0 atom stereocenters. The number of nitriles is 2. The Labute approximate surface area is 331 Å². The molecule has 1 aliphatic carbocycles. The first-order valence-electron chi connectivity index (χ1n) is 19.1. The van der Waals surface area contributed by atoms with Gasteiger partial charge in [-0.2, -0.15) is 10.5 Å². The number of nitrogens with zero attached hydrogens (tertiary/aromatic N) is 5. The second-order valence-electron chi connectivity index (χ2n) is 14.9. The Kier molecular flexibility index (Phi) is 6.50. The highest BCUT2D eigenvalue weighted by molar-refractivity contribution is 6.24. The molecule has 1 aliphatic rings. The lowest BCUT2D eigenvalue weighted by molar-refractivity contribution is 0.673. The lowest BCUT2D eigenvalue weighted by atomic mass is 9.94. The van der Waals surface area contributed by atoms with Gasteiger partial charge >= 0.3 is 0 Å². The standard InChI is InChI=1S/C52H27N5O/c1-55-43-23-21-34(42(29-54)51(43)57-44-18-7-4-14-35(44)41-26-32-25-30-11-2-3-13-33(30)40(32)27-47(41)57)37-17-10-12-31(28-53)50(37)56-45-19-8-5-16-39(45)49-46(56)24-22-38-36-15-6-9-20-48(36)58-52(38)49/h2-24,26-27H,25H2. The first kappa shape index (κ1) is 31.9. The minimum atomic E-state index is 0.355. The van der Waals surface area contributed by atoms with Crippen LogP contribution >= 0.6 is 0 Å². The molecule has 3 heterocycles. The van der Waals surface area contributed by atoms with E-state index in [4.69, 9.17) is 11.0 Å². The van der Waals surface area contributed by atoms with Crippen LogP contribution in [0.3, 0.4) is 0 Å². The average molecular weight is 738 g/mol. The number of fused-ring (bicyclic) bond motifs is 13. The largest absolute Gasteiger partial charge is 0.455 e. The van der Waals surface area contributed by atoms with E-state index in [1.807, 2.05) is 72.8 Å². The van der Waals surface area contributed by atoms with Gasteiger partial charge in [0.2, 0.25) is 5.69 Å². The van der Waals surface area contributed by atoms with Crippen LogP contribution in [0.1, 0.15) is 22.3 Å². The minimum absolute atomic E-state index is 0.355. The van der Waals surface area contributed by atoms with Crippen LogP contribution in [0.25, 0.3) is 104 Å². The molecule has 0 aliphatic heterocycles. The predicted octanol–water partition coefficient (Wildman–Crippen LogP) is 13.3. The van der Waals surface area contributed by atoms with Gasteiger partial charge in [-0.3, -0.25) is 0 Å². The van der Waals surface area contributed by atoms with Gasteiger partial charge < -0.3 is 13.6 Å². The van der Waals surface area contributed by atoms with Crippen molar-refractivity contribution in [3.05, 3.63) is 185 Å². The van der Waals surface area contributed by atoms with Crippen LogP contribution in [0.5, 0.6) is 0 Å². The Morgan fingerprint density at radius 1 is 0.517 bits per heavy atom. The zero-order valence-corrected chi connectivity index (χ0v) is 30.8. The monoisotopic (exact) mass is 737 g/mol. The molecule has 11 aromatic rings. The number of hydrogen-bond acceptors (Lipinski definition) is 3. The van der Waals surface area contributed by atoms with E-state index in [1.54, 1.807) is 0 Å². The van der Waals surface area contributed by atoms with E-state index in [0.29, 0.717) is 39.3 Å². The zero-order chi connectivity index (χ0) is 38.6. The third-order valence-electron chi connectivity index (χ3n) is 12.0. The quantitative estimate of drug-likeness (QED) is 0.169. The highest BCUT2D eigenvalue weighted by atomic mass is 16.3. The third-order valence-corrected chi connectivity index (χ3v) is 12.0. The number of benzene rings is 8. The lowest BCUT2D eigenvalue weighted by Crippen LogP contribution is -2.04. The molecule has 0 unspecified atom stereocenters. The fraction of sp³-hybridized carbons (Fsp3) is 0.0192. The summed E-state index contributed by atoms with van der Waals surface area (Å²) in [6.45, 7) is 8.42. The van der Waals surface area contributed by atoms with Gasteiger partial charge in [0.15, 0.2) is 0 Å². The van der Waals surface area contributed by atoms with Gasteiger partial charge in [0, 0.05) is 38.1 Å². The first-order chi connectivity index (χ1) is 28.7. The van der Waals surface area contributed by atoms with Crippen molar-refractivity contribution in [3.8, 4) is 45.8 Å². The molecule has 0 fully saturated rings. The Balaban J connectivity index is 1.18. The molecule has 0 radical (unpaired) electrons. The molecular formula is C52H27N5O. The molecular weight excluding hydrogens is 711 g/mol. The summed E-state index contributed by atoms with van der Waals surface area (Å²) in [5, 5.41) is 28.3.